The van der Waals surface area contributed by atoms with Crippen molar-refractivity contribution in [3.63, 3.8) is 0 Å². The largest absolute Gasteiger partial charge is 0.491 e. The lowest BCUT2D eigenvalue weighted by molar-refractivity contribution is 0.134. The molecular weight excluding hydrogens is 248 g/mol. The first-order valence-corrected chi connectivity index (χ1v) is 7.17. The maximum atomic E-state index is 10.5. The van der Waals surface area contributed by atoms with Crippen LogP contribution in [0.25, 0.3) is 0 Å². The zero-order valence-electron chi connectivity index (χ0n) is 11.9. The Labute approximate surface area is 120 Å². The van der Waals surface area contributed by atoms with Crippen LogP contribution in [0.1, 0.15) is 42.6 Å². The van der Waals surface area contributed by atoms with Gasteiger partial charge in [0.1, 0.15) is 5.75 Å². The molecule has 20 heavy (non-hydrogen) atoms. The third-order valence-electron chi connectivity index (χ3n) is 3.87. The normalized spacial score (nSPS) is 18.3. The highest BCUT2D eigenvalue weighted by atomic mass is 16.5. The smallest absolute Gasteiger partial charge is 0.119 e. The molecule has 104 valence electrons. The Morgan fingerprint density at radius 2 is 1.75 bits per heavy atom. The number of aliphatic hydroxyl groups excluding tert-OH is 1. The summed E-state index contributed by atoms with van der Waals surface area (Å²) in [5, 5.41) is 10.5. The highest BCUT2D eigenvalue weighted by molar-refractivity contribution is 5.43. The van der Waals surface area contributed by atoms with Crippen molar-refractivity contribution in [2.75, 3.05) is 0 Å². The van der Waals surface area contributed by atoms with Gasteiger partial charge in [0, 0.05) is 5.92 Å². The molecule has 2 unspecified atom stereocenters. The molecule has 0 saturated heterocycles. The van der Waals surface area contributed by atoms with Crippen LogP contribution in [0.3, 0.4) is 0 Å². The molecule has 0 saturated carbocycles. The van der Waals surface area contributed by atoms with Gasteiger partial charge >= 0.3 is 0 Å². The van der Waals surface area contributed by atoms with E-state index in [2.05, 4.69) is 18.2 Å². The van der Waals surface area contributed by atoms with Crippen molar-refractivity contribution in [2.24, 2.45) is 0 Å². The molecule has 0 fully saturated rings. The molecule has 0 amide bonds. The Balaban J connectivity index is 1.74. The van der Waals surface area contributed by atoms with Crippen LogP contribution in [0.15, 0.2) is 48.5 Å². The first-order chi connectivity index (χ1) is 9.65. The van der Waals surface area contributed by atoms with Gasteiger partial charge in [-0.1, -0.05) is 36.4 Å². The third-order valence-corrected chi connectivity index (χ3v) is 3.87. The van der Waals surface area contributed by atoms with Crippen molar-refractivity contribution in [1.82, 2.24) is 0 Å². The summed E-state index contributed by atoms with van der Waals surface area (Å²) < 4.78 is 5.62. The van der Waals surface area contributed by atoms with Crippen LogP contribution < -0.4 is 4.74 Å². The van der Waals surface area contributed by atoms with E-state index in [9.17, 15) is 5.11 Å². The molecule has 2 heteroatoms. The molecule has 0 spiro atoms. The average Bonchev–Trinajstić information content (AvgIpc) is 2.40. The van der Waals surface area contributed by atoms with Crippen LogP contribution in [0.5, 0.6) is 5.75 Å². The van der Waals surface area contributed by atoms with Crippen molar-refractivity contribution in [2.45, 2.75) is 38.4 Å². The molecule has 1 aliphatic rings. The second kappa shape index (κ2) is 5.29. The summed E-state index contributed by atoms with van der Waals surface area (Å²) in [5.74, 6) is 1.08. The lowest BCUT2D eigenvalue weighted by atomic mass is 9.73. The van der Waals surface area contributed by atoms with E-state index in [1.54, 1.807) is 0 Å². The van der Waals surface area contributed by atoms with Gasteiger partial charge in [-0.15, -0.1) is 0 Å². The Hall–Kier alpha value is -1.80. The molecule has 0 aromatic heterocycles. The van der Waals surface area contributed by atoms with Gasteiger partial charge in [0.2, 0.25) is 0 Å². The molecule has 2 aromatic carbocycles. The molecule has 1 aliphatic carbocycles. The van der Waals surface area contributed by atoms with Crippen LogP contribution in [0, 0.1) is 0 Å². The highest BCUT2D eigenvalue weighted by Gasteiger charge is 2.32. The fourth-order valence-electron chi connectivity index (χ4n) is 2.83. The zero-order valence-corrected chi connectivity index (χ0v) is 11.9. The molecule has 2 atom stereocenters. The molecule has 0 bridgehead atoms. The third kappa shape index (κ3) is 2.44. The molecule has 1 N–H and O–H groups in total. The number of ether oxygens (including phenoxy) is 1. The summed E-state index contributed by atoms with van der Waals surface area (Å²) in [5.41, 5.74) is 3.60. The molecular formula is C18H20O2. The number of fused-ring (bicyclic) bond motifs is 1. The van der Waals surface area contributed by atoms with Gasteiger partial charge in [0.25, 0.3) is 0 Å². The van der Waals surface area contributed by atoms with E-state index in [0.29, 0.717) is 0 Å². The predicted octanol–water partition coefficient (Wildman–Crippen LogP) is 3.85. The summed E-state index contributed by atoms with van der Waals surface area (Å²) >= 11 is 0. The van der Waals surface area contributed by atoms with E-state index < -0.39 is 6.10 Å². The summed E-state index contributed by atoms with van der Waals surface area (Å²) in [6.07, 6.45) is 0.698. The van der Waals surface area contributed by atoms with Crippen LogP contribution in [0.2, 0.25) is 0 Å². The number of hydrogen-bond acceptors (Lipinski definition) is 2. The second-order valence-corrected chi connectivity index (χ2v) is 5.69. The minimum absolute atomic E-state index is 0.171. The Morgan fingerprint density at radius 1 is 1.05 bits per heavy atom. The van der Waals surface area contributed by atoms with E-state index in [1.165, 1.54) is 11.1 Å². The van der Waals surface area contributed by atoms with Gasteiger partial charge in [-0.25, -0.2) is 0 Å². The maximum Gasteiger partial charge on any atom is 0.119 e. The van der Waals surface area contributed by atoms with E-state index in [0.717, 1.165) is 17.7 Å². The molecule has 2 aromatic rings. The second-order valence-electron chi connectivity index (χ2n) is 5.69. The van der Waals surface area contributed by atoms with Gasteiger partial charge in [-0.3, -0.25) is 0 Å². The molecule has 0 aliphatic heterocycles. The van der Waals surface area contributed by atoms with E-state index in [-0.39, 0.29) is 12.0 Å². The predicted molar refractivity (Wildman–Crippen MR) is 80.1 cm³/mol. The van der Waals surface area contributed by atoms with Crippen LogP contribution in [0.4, 0.5) is 0 Å². The number of aliphatic hydroxyl groups is 1. The summed E-state index contributed by atoms with van der Waals surface area (Å²) in [7, 11) is 0. The molecule has 3 rings (SSSR count). The van der Waals surface area contributed by atoms with Crippen LogP contribution in [-0.4, -0.2) is 11.2 Å². The standard InChI is InChI=1S/C18H20O2/c1-12(2)20-15-9-7-13(8-10-15)18(19)17-11-14-5-3-4-6-16(14)17/h3-10,12,17-19H,11H2,1-2H3. The van der Waals surface area contributed by atoms with Crippen molar-refractivity contribution < 1.29 is 9.84 Å². The SMILES string of the molecule is CC(C)Oc1ccc(C(O)C2Cc3ccccc32)cc1. The number of benzene rings is 2. The van der Waals surface area contributed by atoms with Crippen molar-refractivity contribution >= 4 is 0 Å². The number of rotatable bonds is 4. The highest BCUT2D eigenvalue weighted by Crippen LogP contribution is 2.43. The van der Waals surface area contributed by atoms with Crippen LogP contribution >= 0.6 is 0 Å². The topological polar surface area (TPSA) is 29.5 Å². The fraction of sp³-hybridized carbons (Fsp3) is 0.333. The maximum absolute atomic E-state index is 10.5. The van der Waals surface area contributed by atoms with Crippen molar-refractivity contribution in [1.29, 1.82) is 0 Å². The zero-order chi connectivity index (χ0) is 14.1. The van der Waals surface area contributed by atoms with Gasteiger partial charge in [-0.05, 0) is 49.1 Å². The summed E-state index contributed by atoms with van der Waals surface area (Å²) in [4.78, 5) is 0. The Morgan fingerprint density at radius 3 is 2.40 bits per heavy atom. The molecule has 0 heterocycles. The fourth-order valence-corrected chi connectivity index (χ4v) is 2.83. The Bertz CT molecular complexity index is 587. The average molecular weight is 268 g/mol. The number of hydrogen-bond donors (Lipinski definition) is 1. The van der Waals surface area contributed by atoms with E-state index in [4.69, 9.17) is 4.74 Å². The van der Waals surface area contributed by atoms with Gasteiger partial charge in [0.05, 0.1) is 12.2 Å². The lowest BCUT2D eigenvalue weighted by Crippen LogP contribution is -2.23. The monoisotopic (exact) mass is 268 g/mol. The summed E-state index contributed by atoms with van der Waals surface area (Å²) in [6, 6.07) is 16.1. The van der Waals surface area contributed by atoms with Gasteiger partial charge in [0.15, 0.2) is 0 Å². The van der Waals surface area contributed by atoms with E-state index in [1.807, 2.05) is 44.2 Å². The molecule has 2 nitrogen and oxygen atoms in total. The minimum atomic E-state index is -0.432. The van der Waals surface area contributed by atoms with Crippen molar-refractivity contribution in [3.05, 3.63) is 65.2 Å². The minimum Gasteiger partial charge on any atom is -0.491 e. The van der Waals surface area contributed by atoms with Crippen LogP contribution in [-0.2, 0) is 6.42 Å². The van der Waals surface area contributed by atoms with Gasteiger partial charge in [-0.2, -0.15) is 0 Å². The first-order valence-electron chi connectivity index (χ1n) is 7.17. The molecule has 0 radical (unpaired) electrons. The lowest BCUT2D eigenvalue weighted by Gasteiger charge is -2.34. The van der Waals surface area contributed by atoms with Crippen molar-refractivity contribution in [3.8, 4) is 5.75 Å². The van der Waals surface area contributed by atoms with Gasteiger partial charge < -0.3 is 9.84 Å². The Kier molecular flexibility index (Phi) is 3.49. The first kappa shape index (κ1) is 13.2. The quantitative estimate of drug-likeness (QED) is 0.912. The van der Waals surface area contributed by atoms with E-state index >= 15 is 0 Å². The summed E-state index contributed by atoms with van der Waals surface area (Å²) in [6.45, 7) is 4.02.